The zero-order valence-corrected chi connectivity index (χ0v) is 10.2. The van der Waals surface area contributed by atoms with Crippen LogP contribution >= 0.6 is 0 Å². The molecule has 5 heteroatoms. The number of hydrogen-bond acceptors (Lipinski definition) is 5. The molecule has 17 heavy (non-hydrogen) atoms. The Morgan fingerprint density at radius 2 is 2.35 bits per heavy atom. The average Bonchev–Trinajstić information content (AvgIpc) is 2.65. The molecule has 0 spiro atoms. The third kappa shape index (κ3) is 2.81. The van der Waals surface area contributed by atoms with Crippen molar-refractivity contribution in [1.29, 1.82) is 0 Å². The summed E-state index contributed by atoms with van der Waals surface area (Å²) in [6, 6.07) is 0. The van der Waals surface area contributed by atoms with Gasteiger partial charge in [0.1, 0.15) is 5.70 Å². The lowest BCUT2D eigenvalue weighted by Crippen LogP contribution is -2.37. The number of esters is 1. The maximum absolute atomic E-state index is 11.5. The molecule has 1 heterocycles. The Balaban J connectivity index is 3.00. The van der Waals surface area contributed by atoms with Crippen LogP contribution in [0, 0.1) is 4.91 Å². The van der Waals surface area contributed by atoms with Crippen LogP contribution in [-0.4, -0.2) is 18.2 Å². The highest BCUT2D eigenvalue weighted by molar-refractivity contribution is 5.90. The van der Waals surface area contributed by atoms with E-state index in [1.807, 2.05) is 13.0 Å². The van der Waals surface area contributed by atoms with Gasteiger partial charge in [-0.25, -0.2) is 4.79 Å². The Kier molecular flexibility index (Phi) is 4.20. The predicted octanol–water partition coefficient (Wildman–Crippen LogP) is 2.02. The van der Waals surface area contributed by atoms with Gasteiger partial charge in [0.15, 0.2) is 5.66 Å². The highest BCUT2D eigenvalue weighted by Gasteiger charge is 2.37. The molecule has 0 aromatic carbocycles. The van der Waals surface area contributed by atoms with Crippen LogP contribution < -0.4 is 5.32 Å². The standard InChI is InChI=1S/C12H16N2O3/c1-4-6-7-9-8-10(11(15)17-5-2)13-12(9,3)14-16/h4,6-8,13H,5H2,1-3H3/b6-4-,9-7-. The molecule has 0 radical (unpaired) electrons. The van der Waals surface area contributed by atoms with Crippen molar-refractivity contribution in [3.63, 3.8) is 0 Å². The van der Waals surface area contributed by atoms with E-state index in [4.69, 9.17) is 4.74 Å². The quantitative estimate of drug-likeness (QED) is 0.599. The second-order valence-electron chi connectivity index (χ2n) is 3.71. The van der Waals surface area contributed by atoms with Gasteiger partial charge in [-0.05, 0) is 32.0 Å². The molecule has 0 aromatic heterocycles. The maximum atomic E-state index is 11.5. The van der Waals surface area contributed by atoms with Gasteiger partial charge in [-0.3, -0.25) is 0 Å². The fourth-order valence-corrected chi connectivity index (χ4v) is 1.47. The smallest absolute Gasteiger partial charge is 0.354 e. The molecule has 0 bridgehead atoms. The summed E-state index contributed by atoms with van der Waals surface area (Å²) in [6.07, 6.45) is 6.93. The molecule has 0 fully saturated rings. The van der Waals surface area contributed by atoms with Crippen LogP contribution in [-0.2, 0) is 9.53 Å². The zero-order chi connectivity index (χ0) is 12.9. The van der Waals surface area contributed by atoms with Crippen molar-refractivity contribution in [3.8, 4) is 0 Å². The van der Waals surface area contributed by atoms with Crippen molar-refractivity contribution < 1.29 is 9.53 Å². The number of nitrogens with one attached hydrogen (secondary N) is 1. The molecule has 5 nitrogen and oxygen atoms in total. The van der Waals surface area contributed by atoms with Crippen LogP contribution in [0.25, 0.3) is 0 Å². The number of carbonyl (C=O) groups is 1. The fourth-order valence-electron chi connectivity index (χ4n) is 1.47. The van der Waals surface area contributed by atoms with Crippen LogP contribution in [0.5, 0.6) is 0 Å². The first-order valence-electron chi connectivity index (χ1n) is 5.42. The summed E-state index contributed by atoms with van der Waals surface area (Å²) in [7, 11) is 0. The van der Waals surface area contributed by atoms with Gasteiger partial charge in [-0.1, -0.05) is 18.2 Å². The van der Waals surface area contributed by atoms with Gasteiger partial charge in [-0.15, -0.1) is 4.91 Å². The molecule has 0 amide bonds. The summed E-state index contributed by atoms with van der Waals surface area (Å²) < 4.78 is 4.86. The molecular weight excluding hydrogens is 220 g/mol. The topological polar surface area (TPSA) is 67.8 Å². The average molecular weight is 236 g/mol. The number of allylic oxidation sites excluding steroid dienone is 3. The Morgan fingerprint density at radius 3 is 2.88 bits per heavy atom. The first kappa shape index (κ1) is 13.2. The van der Waals surface area contributed by atoms with E-state index in [1.54, 1.807) is 32.1 Å². The Morgan fingerprint density at radius 1 is 1.65 bits per heavy atom. The summed E-state index contributed by atoms with van der Waals surface area (Å²) in [5.41, 5.74) is -0.222. The number of ether oxygens (including phenoxy) is 1. The number of nitroso groups, excluding NO2 is 1. The molecule has 1 unspecified atom stereocenters. The second kappa shape index (κ2) is 5.43. The van der Waals surface area contributed by atoms with E-state index in [2.05, 4.69) is 10.5 Å². The summed E-state index contributed by atoms with van der Waals surface area (Å²) in [4.78, 5) is 22.4. The number of rotatable bonds is 4. The summed E-state index contributed by atoms with van der Waals surface area (Å²) >= 11 is 0. The molecule has 1 N–H and O–H groups in total. The van der Waals surface area contributed by atoms with Crippen molar-refractivity contribution >= 4 is 5.97 Å². The Labute approximate surface area is 100 Å². The SMILES string of the molecule is C/C=C\C=C1\C=C(C(=O)OCC)NC1(C)N=O. The molecule has 0 aromatic rings. The highest BCUT2D eigenvalue weighted by atomic mass is 16.5. The van der Waals surface area contributed by atoms with Crippen LogP contribution in [0.3, 0.4) is 0 Å². The van der Waals surface area contributed by atoms with Gasteiger partial charge >= 0.3 is 5.97 Å². The summed E-state index contributed by atoms with van der Waals surface area (Å²) in [5.74, 6) is -0.480. The largest absolute Gasteiger partial charge is 0.461 e. The highest BCUT2D eigenvalue weighted by Crippen LogP contribution is 2.28. The zero-order valence-electron chi connectivity index (χ0n) is 10.2. The molecule has 1 aliphatic rings. The van der Waals surface area contributed by atoms with E-state index in [0.717, 1.165) is 0 Å². The molecule has 1 atom stereocenters. The van der Waals surface area contributed by atoms with Crippen LogP contribution in [0.2, 0.25) is 0 Å². The van der Waals surface area contributed by atoms with Crippen LogP contribution in [0.1, 0.15) is 20.8 Å². The van der Waals surface area contributed by atoms with Gasteiger partial charge in [-0.2, -0.15) is 0 Å². The van der Waals surface area contributed by atoms with Crippen molar-refractivity contribution in [1.82, 2.24) is 5.32 Å². The lowest BCUT2D eigenvalue weighted by Gasteiger charge is -2.18. The van der Waals surface area contributed by atoms with Gasteiger partial charge in [0.25, 0.3) is 0 Å². The fraction of sp³-hybridized carbons (Fsp3) is 0.417. The van der Waals surface area contributed by atoms with E-state index >= 15 is 0 Å². The summed E-state index contributed by atoms with van der Waals surface area (Å²) in [6.45, 7) is 5.48. The monoisotopic (exact) mass is 236 g/mol. The minimum atomic E-state index is -1.11. The van der Waals surface area contributed by atoms with E-state index in [-0.39, 0.29) is 12.3 Å². The van der Waals surface area contributed by atoms with Gasteiger partial charge in [0, 0.05) is 5.57 Å². The molecule has 0 saturated carbocycles. The molecular formula is C12H16N2O3. The lowest BCUT2D eigenvalue weighted by atomic mass is 10.1. The van der Waals surface area contributed by atoms with Gasteiger partial charge < -0.3 is 10.1 Å². The van der Waals surface area contributed by atoms with Crippen molar-refractivity contribution in [2.75, 3.05) is 6.61 Å². The predicted molar refractivity (Wildman–Crippen MR) is 64.9 cm³/mol. The van der Waals surface area contributed by atoms with Crippen molar-refractivity contribution in [3.05, 3.63) is 40.5 Å². The van der Waals surface area contributed by atoms with E-state index < -0.39 is 11.6 Å². The van der Waals surface area contributed by atoms with Crippen LogP contribution in [0.15, 0.2) is 40.8 Å². The van der Waals surface area contributed by atoms with E-state index in [9.17, 15) is 9.70 Å². The van der Waals surface area contributed by atoms with Crippen molar-refractivity contribution in [2.45, 2.75) is 26.4 Å². The van der Waals surface area contributed by atoms with E-state index in [0.29, 0.717) is 5.57 Å². The second-order valence-corrected chi connectivity index (χ2v) is 3.71. The van der Waals surface area contributed by atoms with E-state index in [1.165, 1.54) is 0 Å². The number of hydrogen-bond donors (Lipinski definition) is 1. The Hall–Kier alpha value is -1.91. The molecule has 1 rings (SSSR count). The minimum absolute atomic E-state index is 0.254. The first-order chi connectivity index (χ1) is 8.07. The molecule has 92 valence electrons. The van der Waals surface area contributed by atoms with Crippen molar-refractivity contribution in [2.24, 2.45) is 5.18 Å². The summed E-state index contributed by atoms with van der Waals surface area (Å²) in [5, 5.41) is 5.79. The van der Waals surface area contributed by atoms with Crippen LogP contribution in [0.4, 0.5) is 0 Å². The molecule has 0 aliphatic carbocycles. The Bertz CT molecular complexity index is 410. The minimum Gasteiger partial charge on any atom is -0.461 e. The normalized spacial score (nSPS) is 25.8. The third-order valence-electron chi connectivity index (χ3n) is 2.39. The number of nitrogens with zero attached hydrogens (tertiary/aromatic N) is 1. The number of carbonyl (C=O) groups excluding carboxylic acids is 1. The van der Waals surface area contributed by atoms with Gasteiger partial charge in [0.05, 0.1) is 6.61 Å². The lowest BCUT2D eigenvalue weighted by molar-refractivity contribution is -0.139. The van der Waals surface area contributed by atoms with Gasteiger partial charge in [0.2, 0.25) is 0 Å². The third-order valence-corrected chi connectivity index (χ3v) is 2.39. The molecule has 0 saturated heterocycles. The first-order valence-corrected chi connectivity index (χ1v) is 5.42. The molecule has 1 aliphatic heterocycles. The maximum Gasteiger partial charge on any atom is 0.354 e.